The summed E-state index contributed by atoms with van der Waals surface area (Å²) in [7, 11) is 0. The maximum Gasteiger partial charge on any atom is 0.254 e. The van der Waals surface area contributed by atoms with Crippen LogP contribution in [0, 0.1) is 0 Å². The smallest absolute Gasteiger partial charge is 0.254 e. The molecule has 5 rings (SSSR count). The summed E-state index contributed by atoms with van der Waals surface area (Å²) in [5, 5.41) is 2.04. The van der Waals surface area contributed by atoms with Gasteiger partial charge in [0.1, 0.15) is 0 Å². The van der Waals surface area contributed by atoms with Crippen LogP contribution in [-0.2, 0) is 4.79 Å². The van der Waals surface area contributed by atoms with Crippen LogP contribution in [0.15, 0.2) is 103 Å². The number of fused-ring (bicyclic) bond motifs is 1. The Morgan fingerprint density at radius 1 is 0.588 bits per heavy atom. The summed E-state index contributed by atoms with van der Waals surface area (Å²) in [5.41, 5.74) is 2.71. The third kappa shape index (κ3) is 4.44. The highest BCUT2D eigenvalue weighted by Gasteiger charge is 2.30. The Morgan fingerprint density at radius 2 is 1.15 bits per heavy atom. The summed E-state index contributed by atoms with van der Waals surface area (Å²) < 4.78 is 0. The van der Waals surface area contributed by atoms with Crippen LogP contribution in [0.3, 0.4) is 0 Å². The van der Waals surface area contributed by atoms with Gasteiger partial charge in [0, 0.05) is 31.7 Å². The van der Waals surface area contributed by atoms with E-state index in [1.165, 1.54) is 0 Å². The van der Waals surface area contributed by atoms with Gasteiger partial charge in [-0.3, -0.25) is 9.59 Å². The number of rotatable bonds is 4. The number of nitrogens with zero attached hydrogens (tertiary/aromatic N) is 2. The summed E-state index contributed by atoms with van der Waals surface area (Å²) in [5.74, 6) is -0.214. The second kappa shape index (κ2) is 9.92. The maximum atomic E-state index is 13.8. The molecule has 1 saturated heterocycles. The average molecular weight is 449 g/mol. The molecular weight excluding hydrogens is 420 g/mol. The Kier molecular flexibility index (Phi) is 6.39. The lowest BCUT2D eigenvalue weighted by molar-refractivity contribution is -0.131. The highest BCUT2D eigenvalue weighted by molar-refractivity contribution is 6.07. The average Bonchev–Trinajstić information content (AvgIpc) is 3.16. The van der Waals surface area contributed by atoms with E-state index in [0.717, 1.165) is 33.9 Å². The monoisotopic (exact) mass is 448 g/mol. The van der Waals surface area contributed by atoms with Crippen molar-refractivity contribution in [3.63, 3.8) is 0 Å². The van der Waals surface area contributed by atoms with Crippen LogP contribution in [0.2, 0.25) is 0 Å². The summed E-state index contributed by atoms with van der Waals surface area (Å²) in [6.07, 6.45) is 0.762. The van der Waals surface area contributed by atoms with E-state index in [1.54, 1.807) is 0 Å². The molecule has 4 nitrogen and oxygen atoms in total. The van der Waals surface area contributed by atoms with Gasteiger partial charge in [0.2, 0.25) is 5.91 Å². The molecule has 1 heterocycles. The third-order valence-electron chi connectivity index (χ3n) is 6.63. The van der Waals surface area contributed by atoms with Crippen molar-refractivity contribution < 1.29 is 9.59 Å². The summed E-state index contributed by atoms with van der Waals surface area (Å²) in [6, 6.07) is 33.8. The molecule has 34 heavy (non-hydrogen) atoms. The van der Waals surface area contributed by atoms with Gasteiger partial charge in [-0.2, -0.15) is 0 Å². The van der Waals surface area contributed by atoms with Crippen molar-refractivity contribution >= 4 is 22.6 Å². The lowest BCUT2D eigenvalue weighted by atomic mass is 9.90. The molecule has 0 aliphatic carbocycles. The van der Waals surface area contributed by atoms with Gasteiger partial charge in [-0.25, -0.2) is 0 Å². The first kappa shape index (κ1) is 21.9. The number of amides is 2. The fourth-order valence-corrected chi connectivity index (χ4v) is 4.87. The first-order valence-corrected chi connectivity index (χ1v) is 11.9. The number of hydrogen-bond acceptors (Lipinski definition) is 2. The van der Waals surface area contributed by atoms with Crippen molar-refractivity contribution in [2.75, 3.05) is 26.2 Å². The van der Waals surface area contributed by atoms with Crippen LogP contribution >= 0.6 is 0 Å². The fraction of sp³-hybridized carbons (Fsp3) is 0.200. The van der Waals surface area contributed by atoms with Gasteiger partial charge in [0.05, 0.1) is 5.92 Å². The molecule has 0 atom stereocenters. The minimum atomic E-state index is -0.345. The van der Waals surface area contributed by atoms with Crippen molar-refractivity contribution in [2.24, 2.45) is 0 Å². The van der Waals surface area contributed by atoms with Gasteiger partial charge in [-0.1, -0.05) is 97.1 Å². The van der Waals surface area contributed by atoms with Crippen molar-refractivity contribution in [3.8, 4) is 0 Å². The number of carbonyl (C=O) groups excluding carboxylic acids is 2. The highest BCUT2D eigenvalue weighted by Crippen LogP contribution is 2.28. The zero-order chi connectivity index (χ0) is 23.3. The molecule has 0 spiro atoms. The van der Waals surface area contributed by atoms with Gasteiger partial charge < -0.3 is 9.80 Å². The molecule has 4 aromatic carbocycles. The standard InChI is InChI=1S/C30H28N2O2/c33-29(27-18-9-16-23-11-7-8-17-26(23)27)31-19-10-20-32(22-21-31)30(34)28(24-12-3-1-4-13-24)25-14-5-2-6-15-25/h1-9,11-18,28H,10,19-22H2. The van der Waals surface area contributed by atoms with Crippen LogP contribution in [-0.4, -0.2) is 47.8 Å². The van der Waals surface area contributed by atoms with E-state index < -0.39 is 0 Å². The maximum absolute atomic E-state index is 13.8. The van der Waals surface area contributed by atoms with E-state index in [0.29, 0.717) is 26.2 Å². The topological polar surface area (TPSA) is 40.6 Å². The molecule has 1 aliphatic heterocycles. The minimum Gasteiger partial charge on any atom is -0.340 e. The lowest BCUT2D eigenvalue weighted by Gasteiger charge is -2.27. The van der Waals surface area contributed by atoms with E-state index >= 15 is 0 Å². The number of hydrogen-bond donors (Lipinski definition) is 0. The van der Waals surface area contributed by atoms with Gasteiger partial charge in [-0.15, -0.1) is 0 Å². The Labute approximate surface area is 200 Å². The van der Waals surface area contributed by atoms with E-state index in [4.69, 9.17) is 0 Å². The summed E-state index contributed by atoms with van der Waals surface area (Å²) in [6.45, 7) is 2.36. The first-order chi connectivity index (χ1) is 16.7. The van der Waals surface area contributed by atoms with E-state index in [2.05, 4.69) is 0 Å². The molecule has 1 fully saturated rings. The van der Waals surface area contributed by atoms with Gasteiger partial charge in [-0.05, 0) is 34.4 Å². The lowest BCUT2D eigenvalue weighted by Crippen LogP contribution is -2.39. The van der Waals surface area contributed by atoms with Gasteiger partial charge in [0.15, 0.2) is 0 Å². The van der Waals surface area contributed by atoms with Crippen molar-refractivity contribution in [2.45, 2.75) is 12.3 Å². The largest absolute Gasteiger partial charge is 0.340 e. The van der Waals surface area contributed by atoms with E-state index in [-0.39, 0.29) is 17.7 Å². The molecule has 0 saturated carbocycles. The zero-order valence-corrected chi connectivity index (χ0v) is 19.1. The molecule has 0 bridgehead atoms. The Balaban J connectivity index is 1.36. The second-order valence-electron chi connectivity index (χ2n) is 8.75. The SMILES string of the molecule is O=C(c1cccc2ccccc12)N1CCCN(C(=O)C(c2ccccc2)c2ccccc2)CC1. The minimum absolute atomic E-state index is 0.0359. The summed E-state index contributed by atoms with van der Waals surface area (Å²) >= 11 is 0. The number of carbonyl (C=O) groups is 2. The van der Waals surface area contributed by atoms with E-state index in [1.807, 2.05) is 113 Å². The van der Waals surface area contributed by atoms with Crippen LogP contribution < -0.4 is 0 Å². The molecule has 4 heteroatoms. The Hall–Kier alpha value is -3.92. The zero-order valence-electron chi connectivity index (χ0n) is 19.1. The molecule has 2 amide bonds. The number of benzene rings is 4. The Bertz CT molecular complexity index is 1240. The van der Waals surface area contributed by atoms with Crippen LogP contribution in [0.4, 0.5) is 0 Å². The summed E-state index contributed by atoms with van der Waals surface area (Å²) in [4.78, 5) is 31.1. The van der Waals surface area contributed by atoms with Crippen LogP contribution in [0.1, 0.15) is 33.8 Å². The molecule has 0 aromatic heterocycles. The van der Waals surface area contributed by atoms with Crippen LogP contribution in [0.25, 0.3) is 10.8 Å². The highest BCUT2D eigenvalue weighted by atomic mass is 16.2. The van der Waals surface area contributed by atoms with Gasteiger partial charge in [0.25, 0.3) is 5.91 Å². The first-order valence-electron chi connectivity index (χ1n) is 11.9. The molecule has 1 aliphatic rings. The fourth-order valence-electron chi connectivity index (χ4n) is 4.87. The molecule has 0 N–H and O–H groups in total. The Morgan fingerprint density at radius 3 is 1.85 bits per heavy atom. The van der Waals surface area contributed by atoms with Crippen molar-refractivity contribution in [1.82, 2.24) is 9.80 Å². The van der Waals surface area contributed by atoms with Crippen molar-refractivity contribution in [3.05, 3.63) is 120 Å². The molecule has 0 radical (unpaired) electrons. The molecule has 0 unspecified atom stereocenters. The molecular formula is C30H28N2O2. The second-order valence-corrected chi connectivity index (χ2v) is 8.75. The predicted molar refractivity (Wildman–Crippen MR) is 136 cm³/mol. The predicted octanol–water partition coefficient (Wildman–Crippen LogP) is 5.35. The normalized spacial score (nSPS) is 14.3. The van der Waals surface area contributed by atoms with Crippen LogP contribution in [0.5, 0.6) is 0 Å². The molecule has 170 valence electrons. The van der Waals surface area contributed by atoms with Gasteiger partial charge >= 0.3 is 0 Å². The van der Waals surface area contributed by atoms with Crippen molar-refractivity contribution in [1.29, 1.82) is 0 Å². The van der Waals surface area contributed by atoms with E-state index in [9.17, 15) is 9.59 Å². The third-order valence-corrected chi connectivity index (χ3v) is 6.63. The molecule has 4 aromatic rings. The quantitative estimate of drug-likeness (QED) is 0.422.